The van der Waals surface area contributed by atoms with E-state index in [0.717, 1.165) is 38.4 Å². The van der Waals surface area contributed by atoms with E-state index in [1.807, 2.05) is 42.1 Å². The first-order valence-corrected chi connectivity index (χ1v) is 9.04. The highest BCUT2D eigenvalue weighted by Gasteiger charge is 2.13. The van der Waals surface area contributed by atoms with Crippen LogP contribution in [0.4, 0.5) is 0 Å². The molecular weight excluding hydrogens is 328 g/mol. The number of ether oxygens (including phenoxy) is 2. The summed E-state index contributed by atoms with van der Waals surface area (Å²) in [4.78, 5) is 9.06. The molecule has 0 aliphatic carbocycles. The van der Waals surface area contributed by atoms with Crippen molar-refractivity contribution >= 4 is 23.1 Å². The number of benzene rings is 1. The van der Waals surface area contributed by atoms with Gasteiger partial charge >= 0.3 is 0 Å². The van der Waals surface area contributed by atoms with Crippen LogP contribution in [0.1, 0.15) is 0 Å². The van der Waals surface area contributed by atoms with Crippen molar-refractivity contribution in [2.75, 3.05) is 20.5 Å². The van der Waals surface area contributed by atoms with Crippen LogP contribution in [-0.2, 0) is 0 Å². The Labute approximate surface area is 143 Å². The lowest BCUT2D eigenvalue weighted by molar-refractivity contribution is 0.404. The number of rotatable bonds is 5. The Hall–Kier alpha value is -2.05. The first-order valence-electron chi connectivity index (χ1n) is 6.93. The number of thiazole rings is 1. The molecule has 3 aromatic rings. The molecule has 0 spiro atoms. The topological polar surface area (TPSA) is 44.2 Å². The van der Waals surface area contributed by atoms with Crippen LogP contribution >= 0.6 is 23.1 Å². The van der Waals surface area contributed by atoms with E-state index in [-0.39, 0.29) is 0 Å². The molecule has 23 heavy (non-hydrogen) atoms. The van der Waals surface area contributed by atoms with Gasteiger partial charge in [0.25, 0.3) is 0 Å². The van der Waals surface area contributed by atoms with Gasteiger partial charge in [-0.15, -0.1) is 23.1 Å². The Balaban J connectivity index is 2.01. The summed E-state index contributed by atoms with van der Waals surface area (Å²) in [6.45, 7) is 0. The first-order chi connectivity index (χ1) is 11.2. The van der Waals surface area contributed by atoms with Gasteiger partial charge in [0.05, 0.1) is 24.9 Å². The summed E-state index contributed by atoms with van der Waals surface area (Å²) >= 11 is 3.23. The average molecular weight is 344 g/mol. The zero-order chi connectivity index (χ0) is 16.2. The smallest absolute Gasteiger partial charge is 0.128 e. The van der Waals surface area contributed by atoms with Crippen LogP contribution in [0, 0.1) is 0 Å². The molecule has 6 heteroatoms. The van der Waals surface area contributed by atoms with E-state index in [9.17, 15) is 0 Å². The van der Waals surface area contributed by atoms with Gasteiger partial charge in [0.2, 0.25) is 0 Å². The predicted octanol–water partition coefficient (Wildman–Crippen LogP) is 4.61. The number of thioether (sulfide) groups is 1. The van der Waals surface area contributed by atoms with E-state index in [2.05, 4.69) is 11.1 Å². The third kappa shape index (κ3) is 3.33. The highest BCUT2D eigenvalue weighted by atomic mass is 32.2. The highest BCUT2D eigenvalue weighted by Crippen LogP contribution is 2.36. The molecule has 0 saturated carbocycles. The van der Waals surface area contributed by atoms with Crippen LogP contribution in [0.2, 0.25) is 0 Å². The first kappa shape index (κ1) is 15.8. The highest BCUT2D eigenvalue weighted by molar-refractivity contribution is 7.98. The summed E-state index contributed by atoms with van der Waals surface area (Å²) in [5.41, 5.74) is 2.87. The molecule has 0 fully saturated rings. The average Bonchev–Trinajstić information content (AvgIpc) is 3.11. The van der Waals surface area contributed by atoms with Gasteiger partial charge in [-0.2, -0.15) is 0 Å². The van der Waals surface area contributed by atoms with Crippen molar-refractivity contribution in [3.8, 4) is 33.3 Å². The number of hydrogen-bond acceptors (Lipinski definition) is 6. The number of pyridine rings is 1. The molecule has 0 aliphatic rings. The second-order valence-electron chi connectivity index (χ2n) is 4.69. The molecule has 0 bridgehead atoms. The molecule has 0 amide bonds. The molecule has 0 N–H and O–H groups in total. The maximum absolute atomic E-state index is 5.45. The van der Waals surface area contributed by atoms with Gasteiger partial charge in [-0.05, 0) is 36.6 Å². The monoisotopic (exact) mass is 344 g/mol. The maximum atomic E-state index is 5.45. The summed E-state index contributed by atoms with van der Waals surface area (Å²) in [5, 5.41) is 3.98. The molecule has 1 aromatic carbocycles. The maximum Gasteiger partial charge on any atom is 0.128 e. The van der Waals surface area contributed by atoms with Crippen LogP contribution < -0.4 is 9.47 Å². The van der Waals surface area contributed by atoms with E-state index < -0.39 is 0 Å². The number of hydrogen-bond donors (Lipinski definition) is 0. The van der Waals surface area contributed by atoms with E-state index in [1.54, 1.807) is 37.3 Å². The molecule has 3 rings (SSSR count). The Morgan fingerprint density at radius 1 is 1.09 bits per heavy atom. The molecule has 0 atom stereocenters. The molecule has 0 aliphatic heterocycles. The normalized spacial score (nSPS) is 10.6. The minimum Gasteiger partial charge on any atom is -0.497 e. The van der Waals surface area contributed by atoms with Crippen LogP contribution in [0.15, 0.2) is 46.9 Å². The number of methoxy groups -OCH3 is 2. The quantitative estimate of drug-likeness (QED) is 0.632. The van der Waals surface area contributed by atoms with Gasteiger partial charge in [0.1, 0.15) is 16.5 Å². The molecule has 2 aromatic heterocycles. The molecule has 118 valence electrons. The van der Waals surface area contributed by atoms with Crippen LogP contribution in [-0.4, -0.2) is 30.4 Å². The molecule has 2 heterocycles. The lowest BCUT2D eigenvalue weighted by Crippen LogP contribution is -1.90. The molecule has 4 nitrogen and oxygen atoms in total. The van der Waals surface area contributed by atoms with Gasteiger partial charge in [-0.25, -0.2) is 9.97 Å². The van der Waals surface area contributed by atoms with Crippen molar-refractivity contribution in [2.24, 2.45) is 0 Å². The number of aromatic nitrogens is 2. The zero-order valence-electron chi connectivity index (χ0n) is 13.1. The van der Waals surface area contributed by atoms with Crippen molar-refractivity contribution in [1.29, 1.82) is 0 Å². The molecule has 0 radical (unpaired) electrons. The van der Waals surface area contributed by atoms with Crippen LogP contribution in [0.5, 0.6) is 11.5 Å². The van der Waals surface area contributed by atoms with Crippen molar-refractivity contribution in [3.63, 3.8) is 0 Å². The lowest BCUT2D eigenvalue weighted by Gasteiger charge is -2.08. The number of nitrogens with zero attached hydrogens (tertiary/aromatic N) is 2. The summed E-state index contributed by atoms with van der Waals surface area (Å²) in [5.74, 6) is 1.56. The predicted molar refractivity (Wildman–Crippen MR) is 95.7 cm³/mol. The third-order valence-electron chi connectivity index (χ3n) is 3.38. The fourth-order valence-corrected chi connectivity index (χ4v) is 3.43. The van der Waals surface area contributed by atoms with Crippen LogP contribution in [0.3, 0.4) is 0 Å². The molecule has 0 saturated heterocycles. The standard InChI is InChI=1S/C17H16N2O2S2/c1-20-12-4-5-15(21-2)13(9-12)14-10-23-17(19-14)11-6-7-18-16(8-11)22-3/h4-10H,1-3H3. The van der Waals surface area contributed by atoms with Gasteiger partial charge in [-0.3, -0.25) is 0 Å². The van der Waals surface area contributed by atoms with E-state index >= 15 is 0 Å². The fourth-order valence-electron chi connectivity index (χ4n) is 2.20. The Morgan fingerprint density at radius 3 is 2.70 bits per heavy atom. The van der Waals surface area contributed by atoms with E-state index in [4.69, 9.17) is 14.5 Å². The summed E-state index contributed by atoms with van der Waals surface area (Å²) in [6.07, 6.45) is 3.83. The largest absolute Gasteiger partial charge is 0.497 e. The van der Waals surface area contributed by atoms with Crippen molar-refractivity contribution < 1.29 is 9.47 Å². The Bertz CT molecular complexity index is 818. The van der Waals surface area contributed by atoms with E-state index in [0.29, 0.717) is 0 Å². The second-order valence-corrected chi connectivity index (χ2v) is 6.38. The van der Waals surface area contributed by atoms with Gasteiger partial charge in [0.15, 0.2) is 0 Å². The van der Waals surface area contributed by atoms with Crippen LogP contribution in [0.25, 0.3) is 21.8 Å². The summed E-state index contributed by atoms with van der Waals surface area (Å²) in [6, 6.07) is 9.74. The minimum atomic E-state index is 0.780. The summed E-state index contributed by atoms with van der Waals surface area (Å²) < 4.78 is 10.8. The van der Waals surface area contributed by atoms with Crippen molar-refractivity contribution in [2.45, 2.75) is 5.03 Å². The van der Waals surface area contributed by atoms with E-state index in [1.165, 1.54) is 0 Å². The lowest BCUT2D eigenvalue weighted by atomic mass is 10.1. The minimum absolute atomic E-state index is 0.780. The summed E-state index contributed by atoms with van der Waals surface area (Å²) in [7, 11) is 3.31. The van der Waals surface area contributed by atoms with Gasteiger partial charge in [-0.1, -0.05) is 0 Å². The van der Waals surface area contributed by atoms with Gasteiger partial charge < -0.3 is 9.47 Å². The van der Waals surface area contributed by atoms with Gasteiger partial charge in [0, 0.05) is 22.7 Å². The SMILES string of the molecule is COc1ccc(OC)c(-c2csc(-c3ccnc(SC)c3)n2)c1. The Kier molecular flexibility index (Phi) is 4.83. The fraction of sp³-hybridized carbons (Fsp3) is 0.176. The molecule has 0 unspecified atom stereocenters. The van der Waals surface area contributed by atoms with Crippen molar-refractivity contribution in [1.82, 2.24) is 9.97 Å². The second kappa shape index (κ2) is 7.02. The zero-order valence-corrected chi connectivity index (χ0v) is 14.7. The molecular formula is C17H16N2O2S2. The Morgan fingerprint density at radius 2 is 1.96 bits per heavy atom. The third-order valence-corrected chi connectivity index (χ3v) is 4.91. The van der Waals surface area contributed by atoms with Crippen molar-refractivity contribution in [3.05, 3.63) is 41.9 Å².